The summed E-state index contributed by atoms with van der Waals surface area (Å²) in [4.78, 5) is 18.6. The number of pyridine rings is 1. The van der Waals surface area contributed by atoms with E-state index in [1.54, 1.807) is 7.11 Å². The van der Waals surface area contributed by atoms with Gasteiger partial charge >= 0.3 is 0 Å². The Bertz CT molecular complexity index is 1360. The summed E-state index contributed by atoms with van der Waals surface area (Å²) in [5, 5.41) is 14.0. The van der Waals surface area contributed by atoms with Gasteiger partial charge in [0.2, 0.25) is 0 Å². The molecule has 8 nitrogen and oxygen atoms in total. The zero-order valence-corrected chi connectivity index (χ0v) is 21.2. The van der Waals surface area contributed by atoms with E-state index in [9.17, 15) is 4.79 Å². The maximum Gasteiger partial charge on any atom is 0.252 e. The second kappa shape index (κ2) is 10.6. The summed E-state index contributed by atoms with van der Waals surface area (Å²) in [6, 6.07) is 18.3. The van der Waals surface area contributed by atoms with Crippen LogP contribution in [-0.4, -0.2) is 37.2 Å². The fraction of sp³-hybridized carbons (Fsp3) is 0.429. The summed E-state index contributed by atoms with van der Waals surface area (Å²) < 4.78 is 7.45. The molecule has 0 aliphatic heterocycles. The normalized spacial score (nSPS) is 15.2. The van der Waals surface area contributed by atoms with Crippen molar-refractivity contribution in [2.45, 2.75) is 64.7 Å². The molecule has 1 atom stereocenters. The predicted molar refractivity (Wildman–Crippen MR) is 140 cm³/mol. The molecule has 1 aliphatic rings. The molecule has 0 radical (unpaired) electrons. The van der Waals surface area contributed by atoms with Crippen LogP contribution in [-0.2, 0) is 13.1 Å². The summed E-state index contributed by atoms with van der Waals surface area (Å²) in [5.41, 5.74) is 2.60. The van der Waals surface area contributed by atoms with Crippen LogP contribution in [0.4, 0.5) is 0 Å². The van der Waals surface area contributed by atoms with Crippen molar-refractivity contribution in [2.75, 3.05) is 7.11 Å². The van der Waals surface area contributed by atoms with Gasteiger partial charge in [0.1, 0.15) is 5.75 Å². The second-order valence-corrected chi connectivity index (χ2v) is 10.1. The third-order valence-electron chi connectivity index (χ3n) is 7.21. The third-order valence-corrected chi connectivity index (χ3v) is 7.21. The minimum atomic E-state index is -0.0800. The number of hydrogen-bond donors (Lipinski definition) is 1. The van der Waals surface area contributed by atoms with E-state index in [0.717, 1.165) is 35.3 Å². The molecule has 1 saturated carbocycles. The molecule has 188 valence electrons. The maximum absolute atomic E-state index is 13.2. The van der Waals surface area contributed by atoms with Gasteiger partial charge in [-0.05, 0) is 59.0 Å². The van der Waals surface area contributed by atoms with Crippen molar-refractivity contribution in [3.63, 3.8) is 0 Å². The van der Waals surface area contributed by atoms with Crippen molar-refractivity contribution in [3.05, 3.63) is 81.9 Å². The fourth-order valence-corrected chi connectivity index (χ4v) is 5.45. The average Bonchev–Trinajstić information content (AvgIpc) is 3.57. The van der Waals surface area contributed by atoms with Crippen LogP contribution in [0.3, 0.4) is 0 Å². The van der Waals surface area contributed by atoms with Crippen LogP contribution < -0.4 is 10.3 Å². The predicted octanol–water partition coefficient (Wildman–Crippen LogP) is 5.04. The van der Waals surface area contributed by atoms with Crippen molar-refractivity contribution in [1.29, 1.82) is 0 Å². The fourth-order valence-electron chi connectivity index (χ4n) is 5.45. The highest BCUT2D eigenvalue weighted by atomic mass is 16.5. The molecule has 8 heteroatoms. The van der Waals surface area contributed by atoms with E-state index >= 15 is 0 Å². The number of rotatable bonds is 9. The highest BCUT2D eigenvalue weighted by Crippen LogP contribution is 2.35. The first-order valence-corrected chi connectivity index (χ1v) is 12.8. The summed E-state index contributed by atoms with van der Waals surface area (Å²) in [6.45, 7) is 5.55. The molecule has 0 unspecified atom stereocenters. The second-order valence-electron chi connectivity index (χ2n) is 10.1. The number of ether oxygens (including phenoxy) is 1. The van der Waals surface area contributed by atoms with Crippen molar-refractivity contribution in [3.8, 4) is 5.75 Å². The molecule has 0 spiro atoms. The molecule has 36 heavy (non-hydrogen) atoms. The number of fused-ring (bicyclic) bond motifs is 1. The van der Waals surface area contributed by atoms with Gasteiger partial charge in [-0.3, -0.25) is 9.69 Å². The number of benzene rings is 2. The van der Waals surface area contributed by atoms with Crippen LogP contribution in [0.1, 0.15) is 68.6 Å². The summed E-state index contributed by atoms with van der Waals surface area (Å²) >= 11 is 0. The Hall–Kier alpha value is -3.52. The van der Waals surface area contributed by atoms with Crippen LogP contribution in [0.2, 0.25) is 0 Å². The van der Waals surface area contributed by atoms with Crippen molar-refractivity contribution >= 4 is 10.9 Å². The first kappa shape index (κ1) is 24.2. The van der Waals surface area contributed by atoms with Gasteiger partial charge in [0.25, 0.3) is 5.56 Å². The smallest absolute Gasteiger partial charge is 0.252 e. The molecular formula is C28H34N6O2. The first-order valence-electron chi connectivity index (χ1n) is 12.8. The summed E-state index contributed by atoms with van der Waals surface area (Å²) in [7, 11) is 1.65. The summed E-state index contributed by atoms with van der Waals surface area (Å²) in [6.07, 6.45) is 4.63. The highest BCUT2D eigenvalue weighted by molar-refractivity contribution is 5.80. The molecule has 1 N–H and O–H groups in total. The summed E-state index contributed by atoms with van der Waals surface area (Å²) in [5.74, 6) is 1.88. The van der Waals surface area contributed by atoms with Gasteiger partial charge in [-0.2, -0.15) is 0 Å². The van der Waals surface area contributed by atoms with E-state index in [1.165, 1.54) is 18.4 Å². The van der Waals surface area contributed by atoms with E-state index in [2.05, 4.69) is 63.5 Å². The van der Waals surface area contributed by atoms with Gasteiger partial charge in [-0.15, -0.1) is 5.10 Å². The molecule has 2 heterocycles. The molecule has 2 aromatic carbocycles. The number of nitrogens with one attached hydrogen (secondary N) is 1. The topological polar surface area (TPSA) is 88.9 Å². The SMILES string of the molecule is COc1ccc2[nH]c(=O)c(CN(Cc3ccccc3)[C@@H](c3nnnn3C3CCCC3)C(C)C)cc2c1. The van der Waals surface area contributed by atoms with Crippen molar-refractivity contribution < 1.29 is 4.74 Å². The monoisotopic (exact) mass is 486 g/mol. The van der Waals surface area contributed by atoms with Crippen LogP contribution in [0.5, 0.6) is 5.75 Å². The quantitative estimate of drug-likeness (QED) is 0.357. The van der Waals surface area contributed by atoms with E-state index in [4.69, 9.17) is 4.74 Å². The van der Waals surface area contributed by atoms with E-state index < -0.39 is 0 Å². The Morgan fingerprint density at radius 2 is 1.86 bits per heavy atom. The standard InChI is InChI=1S/C28H34N6O2/c1-19(2)26(27-30-31-32-34(27)23-11-7-8-12-23)33(17-20-9-5-4-6-10-20)18-22-15-21-16-24(36-3)13-14-25(21)29-28(22)35/h4-6,9-10,13-16,19,23,26H,7-8,11-12,17-18H2,1-3H3,(H,29,35)/t26-/m1/s1. The molecule has 0 amide bonds. The zero-order valence-electron chi connectivity index (χ0n) is 21.2. The minimum absolute atomic E-state index is 0.0544. The number of nitrogens with zero attached hydrogens (tertiary/aromatic N) is 5. The first-order chi connectivity index (χ1) is 17.5. The molecule has 4 aromatic rings. The number of tetrazole rings is 1. The highest BCUT2D eigenvalue weighted by Gasteiger charge is 2.32. The minimum Gasteiger partial charge on any atom is -0.497 e. The molecule has 1 aliphatic carbocycles. The Labute approximate surface area is 211 Å². The number of methoxy groups -OCH3 is 1. The van der Waals surface area contributed by atoms with E-state index in [0.29, 0.717) is 24.7 Å². The number of aromatic amines is 1. The lowest BCUT2D eigenvalue weighted by atomic mass is 9.99. The lowest BCUT2D eigenvalue weighted by Gasteiger charge is -2.34. The van der Waals surface area contributed by atoms with Crippen LogP contribution in [0.25, 0.3) is 10.9 Å². The molecule has 2 aromatic heterocycles. The largest absolute Gasteiger partial charge is 0.497 e. The average molecular weight is 487 g/mol. The van der Waals surface area contributed by atoms with Crippen molar-refractivity contribution in [2.24, 2.45) is 5.92 Å². The molecule has 1 fully saturated rings. The van der Waals surface area contributed by atoms with Crippen LogP contribution >= 0.6 is 0 Å². The van der Waals surface area contributed by atoms with Gasteiger partial charge in [-0.25, -0.2) is 4.68 Å². The Morgan fingerprint density at radius 1 is 1.08 bits per heavy atom. The lowest BCUT2D eigenvalue weighted by Crippen LogP contribution is -2.35. The van der Waals surface area contributed by atoms with Gasteiger partial charge in [0, 0.05) is 29.6 Å². The number of H-pyrrole nitrogens is 1. The van der Waals surface area contributed by atoms with E-state index in [-0.39, 0.29) is 17.5 Å². The molecule has 0 bridgehead atoms. The molecule has 5 rings (SSSR count). The third kappa shape index (κ3) is 5.04. The van der Waals surface area contributed by atoms with E-state index in [1.807, 2.05) is 35.0 Å². The number of hydrogen-bond acceptors (Lipinski definition) is 6. The van der Waals surface area contributed by atoms with Gasteiger partial charge < -0.3 is 9.72 Å². The Kier molecular flexibility index (Phi) is 7.13. The van der Waals surface area contributed by atoms with Crippen molar-refractivity contribution in [1.82, 2.24) is 30.1 Å². The Morgan fingerprint density at radius 3 is 2.58 bits per heavy atom. The van der Waals surface area contributed by atoms with Gasteiger partial charge in [-0.1, -0.05) is 57.0 Å². The molecular weight excluding hydrogens is 452 g/mol. The number of aromatic nitrogens is 5. The van der Waals surface area contributed by atoms with Gasteiger partial charge in [0.15, 0.2) is 5.82 Å². The van der Waals surface area contributed by atoms with Crippen LogP contribution in [0, 0.1) is 5.92 Å². The van der Waals surface area contributed by atoms with Crippen LogP contribution in [0.15, 0.2) is 59.4 Å². The molecule has 0 saturated heterocycles. The lowest BCUT2D eigenvalue weighted by molar-refractivity contribution is 0.123. The maximum atomic E-state index is 13.2. The zero-order chi connectivity index (χ0) is 25.1. The van der Waals surface area contributed by atoms with Gasteiger partial charge in [0.05, 0.1) is 19.2 Å². The Balaban J connectivity index is 1.56.